The van der Waals surface area contributed by atoms with E-state index in [0.29, 0.717) is 24.2 Å². The molecule has 0 aromatic heterocycles. The molecular formula is C34H38N6O6S. The molecule has 1 fully saturated rings. The van der Waals surface area contributed by atoms with Gasteiger partial charge in [-0.2, -0.15) is 0 Å². The number of rotatable bonds is 13. The lowest BCUT2D eigenvalue weighted by molar-refractivity contribution is -0.135. The number of aliphatic imine (C=N–C) groups is 1. The van der Waals surface area contributed by atoms with E-state index in [0.717, 1.165) is 23.0 Å². The van der Waals surface area contributed by atoms with Crippen molar-refractivity contribution in [2.45, 2.75) is 37.3 Å². The van der Waals surface area contributed by atoms with E-state index in [1.807, 2.05) is 42.5 Å². The molecule has 3 aromatic rings. The maximum absolute atomic E-state index is 14.2. The molecule has 3 amide bonds. The highest BCUT2D eigenvalue weighted by Gasteiger charge is 2.42. The highest BCUT2D eigenvalue weighted by Crippen LogP contribution is 2.41. The second-order valence-corrected chi connectivity index (χ2v) is 12.1. The highest BCUT2D eigenvalue weighted by atomic mass is 32.2. The van der Waals surface area contributed by atoms with E-state index < -0.39 is 29.8 Å². The number of amides is 3. The van der Waals surface area contributed by atoms with Crippen LogP contribution in [0.2, 0.25) is 0 Å². The van der Waals surface area contributed by atoms with Crippen LogP contribution in [0.25, 0.3) is 6.08 Å². The van der Waals surface area contributed by atoms with Crippen molar-refractivity contribution in [2.24, 2.45) is 16.5 Å². The predicted molar refractivity (Wildman–Crippen MR) is 183 cm³/mol. The number of carbonyl (C=O) groups is 3. The molecule has 47 heavy (non-hydrogen) atoms. The second-order valence-electron chi connectivity index (χ2n) is 11.1. The van der Waals surface area contributed by atoms with Gasteiger partial charge in [0.2, 0.25) is 17.6 Å². The molecule has 2 aliphatic heterocycles. The molecule has 0 radical (unpaired) electrons. The van der Waals surface area contributed by atoms with Crippen LogP contribution in [0.3, 0.4) is 0 Å². The average molecular weight is 659 g/mol. The topological polar surface area (TPSA) is 182 Å². The van der Waals surface area contributed by atoms with Crippen LogP contribution in [0.1, 0.15) is 36.3 Å². The van der Waals surface area contributed by atoms with Crippen molar-refractivity contribution in [3.8, 4) is 17.2 Å². The number of anilines is 1. The summed E-state index contributed by atoms with van der Waals surface area (Å²) in [5.41, 5.74) is 14.8. The fourth-order valence-electron chi connectivity index (χ4n) is 5.66. The summed E-state index contributed by atoms with van der Waals surface area (Å²) in [6.45, 7) is 0.884. The summed E-state index contributed by atoms with van der Waals surface area (Å²) in [4.78, 5) is 47.3. The largest absolute Gasteiger partial charge is 0.502 e. The van der Waals surface area contributed by atoms with Crippen LogP contribution in [0, 0.1) is 0 Å². The zero-order valence-electron chi connectivity index (χ0n) is 26.1. The van der Waals surface area contributed by atoms with E-state index in [2.05, 4.69) is 10.6 Å². The number of hydrogen-bond acceptors (Lipinski definition) is 10. The lowest BCUT2D eigenvalue weighted by Crippen LogP contribution is -2.54. The molecular weight excluding hydrogens is 620 g/mol. The van der Waals surface area contributed by atoms with E-state index in [1.165, 1.54) is 19.1 Å². The number of hydrogen-bond donors (Lipinski definition) is 5. The minimum atomic E-state index is -1.04. The van der Waals surface area contributed by atoms with Gasteiger partial charge >= 0.3 is 0 Å². The van der Waals surface area contributed by atoms with Crippen molar-refractivity contribution in [1.82, 2.24) is 10.2 Å². The van der Waals surface area contributed by atoms with Crippen LogP contribution in [-0.2, 0) is 14.4 Å². The third-order valence-corrected chi connectivity index (χ3v) is 9.02. The quantitative estimate of drug-likeness (QED) is 0.171. The molecule has 0 spiro atoms. The lowest BCUT2D eigenvalue weighted by Gasteiger charge is -2.28. The molecule has 0 saturated carbocycles. The minimum Gasteiger partial charge on any atom is -0.502 e. The fraction of sp³-hybridized carbons (Fsp3) is 0.294. The van der Waals surface area contributed by atoms with Crippen LogP contribution in [0.15, 0.2) is 76.6 Å². The molecule has 7 N–H and O–H groups in total. The van der Waals surface area contributed by atoms with E-state index in [4.69, 9.17) is 25.9 Å². The van der Waals surface area contributed by atoms with E-state index in [1.54, 1.807) is 30.3 Å². The Balaban J connectivity index is 1.49. The first-order valence-electron chi connectivity index (χ1n) is 15.2. The van der Waals surface area contributed by atoms with Crippen molar-refractivity contribution in [3.63, 3.8) is 0 Å². The SMILES string of the molecule is COc1cc(/C=C2\SC(=Nc3ccccc3)N([C@@H](CCCN)C(=O)NC(C[C@@H]3CNc4ccccc43)C(N)=O)C2=O)cc(OC)c1O. The Hall–Kier alpha value is -5.01. The number of amidine groups is 1. The number of methoxy groups -OCH3 is 2. The molecule has 246 valence electrons. The molecule has 5 rings (SSSR count). The Labute approximate surface area is 277 Å². The molecule has 0 aliphatic carbocycles. The monoisotopic (exact) mass is 658 g/mol. The van der Waals surface area contributed by atoms with Gasteiger partial charge in [0.25, 0.3) is 5.91 Å². The van der Waals surface area contributed by atoms with Crippen LogP contribution in [-0.4, -0.2) is 72.3 Å². The number of benzene rings is 3. The summed E-state index contributed by atoms with van der Waals surface area (Å²) < 4.78 is 10.6. The van der Waals surface area contributed by atoms with Crippen LogP contribution >= 0.6 is 11.8 Å². The summed E-state index contributed by atoms with van der Waals surface area (Å²) in [5, 5.41) is 16.8. The van der Waals surface area contributed by atoms with Gasteiger partial charge in [0.15, 0.2) is 16.7 Å². The summed E-state index contributed by atoms with van der Waals surface area (Å²) in [5.74, 6) is -1.55. The molecule has 2 aliphatic rings. The van der Waals surface area contributed by atoms with Crippen LogP contribution < -0.4 is 31.6 Å². The summed E-state index contributed by atoms with van der Waals surface area (Å²) in [6.07, 6.45) is 2.55. The normalized spacial score (nSPS) is 18.5. The predicted octanol–water partition coefficient (Wildman–Crippen LogP) is 3.69. The lowest BCUT2D eigenvalue weighted by atomic mass is 9.93. The van der Waals surface area contributed by atoms with E-state index in [-0.39, 0.29) is 52.6 Å². The number of ether oxygens (including phenoxy) is 2. The summed E-state index contributed by atoms with van der Waals surface area (Å²) in [6, 6.07) is 18.0. The van der Waals surface area contributed by atoms with Gasteiger partial charge in [-0.25, -0.2) is 4.99 Å². The fourth-order valence-corrected chi connectivity index (χ4v) is 6.69. The van der Waals surface area contributed by atoms with Crippen LogP contribution in [0.5, 0.6) is 17.2 Å². The van der Waals surface area contributed by atoms with Crippen molar-refractivity contribution >= 4 is 52.1 Å². The number of para-hydroxylation sites is 2. The first kappa shape index (κ1) is 33.4. The van der Waals surface area contributed by atoms with E-state index >= 15 is 0 Å². The molecule has 13 heteroatoms. The molecule has 3 atom stereocenters. The number of nitrogens with zero attached hydrogens (tertiary/aromatic N) is 2. The van der Waals surface area contributed by atoms with Gasteiger partial charge in [0, 0.05) is 18.2 Å². The van der Waals surface area contributed by atoms with Gasteiger partial charge in [-0.1, -0.05) is 36.4 Å². The summed E-state index contributed by atoms with van der Waals surface area (Å²) >= 11 is 1.10. The zero-order chi connectivity index (χ0) is 33.5. The Kier molecular flexibility index (Phi) is 10.7. The Morgan fingerprint density at radius 3 is 2.47 bits per heavy atom. The Morgan fingerprint density at radius 1 is 1.13 bits per heavy atom. The van der Waals surface area contributed by atoms with Crippen molar-refractivity contribution in [2.75, 3.05) is 32.6 Å². The van der Waals surface area contributed by atoms with Gasteiger partial charge in [-0.05, 0) is 85.1 Å². The smallest absolute Gasteiger partial charge is 0.267 e. The summed E-state index contributed by atoms with van der Waals surface area (Å²) in [7, 11) is 2.82. The maximum Gasteiger partial charge on any atom is 0.267 e. The van der Waals surface area contributed by atoms with E-state index in [9.17, 15) is 19.5 Å². The van der Waals surface area contributed by atoms with Crippen LogP contribution in [0.4, 0.5) is 11.4 Å². The number of carbonyl (C=O) groups excluding carboxylic acids is 3. The molecule has 1 unspecified atom stereocenters. The second kappa shape index (κ2) is 15.1. The Bertz CT molecular complexity index is 1670. The number of nitrogens with one attached hydrogen (secondary N) is 2. The standard InChI is InChI=1S/C34H38N6O6S/c1-45-27-15-20(16-28(46-2)30(27)41)17-29-33(44)40(34(47-29)38-22-9-4-3-5-10-22)26(13-8-14-35)32(43)39-25(31(36)42)18-21-19-37-24-12-7-6-11-23(21)24/h3-7,9-12,15-17,21,25-26,37,41H,8,13-14,18-19,35H2,1-2H3,(H2,36,42)(H,39,43)/b29-17-,38-34?/t21-,25?,26+/m1/s1. The number of thioether (sulfide) groups is 1. The molecule has 3 aromatic carbocycles. The zero-order valence-corrected chi connectivity index (χ0v) is 27.0. The third-order valence-electron chi connectivity index (χ3n) is 8.03. The average Bonchev–Trinajstić information content (AvgIpc) is 3.61. The van der Waals surface area contributed by atoms with Crippen molar-refractivity contribution in [3.05, 3.63) is 82.8 Å². The number of primary amides is 1. The number of phenolic OH excluding ortho intramolecular Hbond substituents is 1. The molecule has 2 heterocycles. The van der Waals surface area contributed by atoms with Crippen molar-refractivity contribution in [1.29, 1.82) is 0 Å². The third kappa shape index (κ3) is 7.53. The molecule has 12 nitrogen and oxygen atoms in total. The first-order valence-corrected chi connectivity index (χ1v) is 16.0. The van der Waals surface area contributed by atoms with Crippen molar-refractivity contribution < 1.29 is 29.0 Å². The Morgan fingerprint density at radius 2 is 1.81 bits per heavy atom. The van der Waals surface area contributed by atoms with Gasteiger partial charge in [0.05, 0.1) is 24.8 Å². The van der Waals surface area contributed by atoms with Gasteiger partial charge in [-0.3, -0.25) is 19.3 Å². The first-order chi connectivity index (χ1) is 22.7. The number of fused-ring (bicyclic) bond motifs is 1. The molecule has 0 bridgehead atoms. The van der Waals surface area contributed by atoms with Gasteiger partial charge in [-0.15, -0.1) is 0 Å². The number of nitrogens with two attached hydrogens (primary N) is 2. The highest BCUT2D eigenvalue weighted by molar-refractivity contribution is 8.18. The number of phenols is 1. The number of aromatic hydroxyl groups is 1. The minimum absolute atomic E-state index is 0.0421. The van der Waals surface area contributed by atoms with Gasteiger partial charge in [0.1, 0.15) is 12.1 Å². The molecule has 1 saturated heterocycles. The maximum atomic E-state index is 14.2. The van der Waals surface area contributed by atoms with Gasteiger partial charge < -0.3 is 36.7 Å².